The maximum atomic E-state index is 13.1. The number of likely N-dealkylation sites (tertiary alicyclic amines) is 1. The van der Waals surface area contributed by atoms with Crippen LogP contribution >= 0.6 is 0 Å². The summed E-state index contributed by atoms with van der Waals surface area (Å²) in [5.74, 6) is 0.00959. The molecular weight excluding hydrogens is 356 g/mol. The molecule has 4 rings (SSSR count). The van der Waals surface area contributed by atoms with Gasteiger partial charge < -0.3 is 19.1 Å². The number of hydrogen-bond acceptors (Lipinski definition) is 5. The van der Waals surface area contributed by atoms with E-state index in [1.807, 2.05) is 35.2 Å². The number of methoxy groups -OCH3 is 1. The molecule has 1 aromatic heterocycles. The molecule has 0 aliphatic carbocycles. The molecule has 1 atom stereocenters. The molecule has 1 unspecified atom stereocenters. The molecule has 150 valence electrons. The number of pyridine rings is 1. The molecule has 2 aromatic rings. The third-order valence-electron chi connectivity index (χ3n) is 5.93. The van der Waals surface area contributed by atoms with Crippen LogP contribution in [-0.2, 0) is 14.2 Å². The molecule has 2 saturated heterocycles. The average molecular weight is 384 g/mol. The van der Waals surface area contributed by atoms with E-state index in [-0.39, 0.29) is 17.6 Å². The van der Waals surface area contributed by atoms with E-state index in [4.69, 9.17) is 14.2 Å². The van der Waals surface area contributed by atoms with Gasteiger partial charge >= 0.3 is 0 Å². The lowest BCUT2D eigenvalue weighted by molar-refractivity contribution is -0.154. The van der Waals surface area contributed by atoms with Gasteiger partial charge in [0, 0.05) is 44.8 Å². The van der Waals surface area contributed by atoms with E-state index in [0.717, 1.165) is 43.1 Å². The molecule has 1 amide bonds. The van der Waals surface area contributed by atoms with Crippen LogP contribution in [0, 0.1) is 0 Å². The summed E-state index contributed by atoms with van der Waals surface area (Å²) in [5.41, 5.74) is 0.373. The highest BCUT2D eigenvalue weighted by molar-refractivity contribution is 6.05. The van der Waals surface area contributed by atoms with E-state index in [1.54, 1.807) is 13.3 Å². The maximum absolute atomic E-state index is 13.1. The highest BCUT2D eigenvalue weighted by atomic mass is 16.5. The van der Waals surface area contributed by atoms with E-state index in [2.05, 4.69) is 4.98 Å². The summed E-state index contributed by atoms with van der Waals surface area (Å²) in [4.78, 5) is 19.4. The van der Waals surface area contributed by atoms with Crippen molar-refractivity contribution in [1.82, 2.24) is 9.88 Å². The van der Waals surface area contributed by atoms with Crippen LogP contribution in [0.1, 0.15) is 36.2 Å². The number of hydrogen-bond donors (Lipinski definition) is 0. The fourth-order valence-electron chi connectivity index (χ4n) is 4.33. The van der Waals surface area contributed by atoms with Crippen molar-refractivity contribution in [2.75, 3.05) is 40.0 Å². The zero-order valence-electron chi connectivity index (χ0n) is 16.4. The number of benzene rings is 1. The molecule has 1 spiro atoms. The van der Waals surface area contributed by atoms with Gasteiger partial charge in [-0.2, -0.15) is 0 Å². The first-order valence-corrected chi connectivity index (χ1v) is 10.1. The number of rotatable bonds is 5. The van der Waals surface area contributed by atoms with E-state index < -0.39 is 0 Å². The third-order valence-corrected chi connectivity index (χ3v) is 5.93. The van der Waals surface area contributed by atoms with Crippen LogP contribution in [0.4, 0.5) is 0 Å². The zero-order valence-corrected chi connectivity index (χ0v) is 16.4. The first-order chi connectivity index (χ1) is 13.7. The summed E-state index contributed by atoms with van der Waals surface area (Å²) in [6.07, 6.45) is 5.43. The van der Waals surface area contributed by atoms with Gasteiger partial charge in [-0.15, -0.1) is 0 Å². The van der Waals surface area contributed by atoms with Gasteiger partial charge in [-0.3, -0.25) is 9.78 Å². The summed E-state index contributed by atoms with van der Waals surface area (Å²) < 4.78 is 17.2. The average Bonchev–Trinajstić information content (AvgIpc) is 2.74. The number of carbonyl (C=O) groups is 1. The first kappa shape index (κ1) is 19.3. The second-order valence-electron chi connectivity index (χ2n) is 7.68. The molecule has 2 aliphatic heterocycles. The van der Waals surface area contributed by atoms with Crippen molar-refractivity contribution in [3.05, 3.63) is 42.2 Å². The van der Waals surface area contributed by atoms with Crippen LogP contribution in [0.25, 0.3) is 10.8 Å². The Morgan fingerprint density at radius 1 is 1.25 bits per heavy atom. The van der Waals surface area contributed by atoms with Crippen molar-refractivity contribution < 1.29 is 19.0 Å². The molecule has 28 heavy (non-hydrogen) atoms. The summed E-state index contributed by atoms with van der Waals surface area (Å²) in [7, 11) is 1.69. The van der Waals surface area contributed by atoms with Gasteiger partial charge in [-0.05, 0) is 30.7 Å². The number of ether oxygens (including phenoxy) is 3. The summed E-state index contributed by atoms with van der Waals surface area (Å²) in [6.45, 7) is 3.33. The standard InChI is InChI=1S/C22H28N2O4/c1-26-14-15-27-18-7-13-28-22(16-18)8-11-24(12-9-22)21(25)20-19-5-3-2-4-17(19)6-10-23-20/h2-6,10,18H,7-9,11-16H2,1H3. The normalized spacial score (nSPS) is 21.9. The SMILES string of the molecule is COCCOC1CCOC2(CCN(C(=O)c3nccc4ccccc34)CC2)C1. The number of piperidine rings is 1. The Balaban J connectivity index is 1.40. The molecule has 2 fully saturated rings. The largest absolute Gasteiger partial charge is 0.382 e. The van der Waals surface area contributed by atoms with E-state index >= 15 is 0 Å². The van der Waals surface area contributed by atoms with Crippen molar-refractivity contribution in [1.29, 1.82) is 0 Å². The Morgan fingerprint density at radius 2 is 2.07 bits per heavy atom. The topological polar surface area (TPSA) is 60.9 Å². The van der Waals surface area contributed by atoms with Crippen molar-refractivity contribution in [2.45, 2.75) is 37.4 Å². The van der Waals surface area contributed by atoms with Gasteiger partial charge in [-0.25, -0.2) is 0 Å². The molecule has 3 heterocycles. The number of amides is 1. The Hall–Kier alpha value is -2.02. The molecule has 0 saturated carbocycles. The zero-order chi connectivity index (χ0) is 19.4. The molecule has 2 aliphatic rings. The van der Waals surface area contributed by atoms with Crippen LogP contribution < -0.4 is 0 Å². The predicted octanol–water partition coefficient (Wildman–Crippen LogP) is 3.05. The Labute approximate surface area is 165 Å². The van der Waals surface area contributed by atoms with Crippen LogP contribution in [-0.4, -0.2) is 67.5 Å². The molecule has 0 N–H and O–H groups in total. The van der Waals surface area contributed by atoms with Crippen LogP contribution in [0.5, 0.6) is 0 Å². The van der Waals surface area contributed by atoms with Gasteiger partial charge in [0.15, 0.2) is 0 Å². The summed E-state index contributed by atoms with van der Waals surface area (Å²) in [5, 5.41) is 1.96. The van der Waals surface area contributed by atoms with Crippen LogP contribution in [0.3, 0.4) is 0 Å². The lowest BCUT2D eigenvalue weighted by Gasteiger charge is -2.46. The van der Waals surface area contributed by atoms with Gasteiger partial charge in [0.05, 0.1) is 24.9 Å². The maximum Gasteiger partial charge on any atom is 0.273 e. The van der Waals surface area contributed by atoms with E-state index in [0.29, 0.717) is 32.0 Å². The number of carbonyl (C=O) groups excluding carboxylic acids is 1. The Kier molecular flexibility index (Phi) is 5.90. The van der Waals surface area contributed by atoms with Crippen LogP contribution in [0.15, 0.2) is 36.5 Å². The fourth-order valence-corrected chi connectivity index (χ4v) is 4.33. The lowest BCUT2D eigenvalue weighted by Crippen LogP contribution is -2.52. The minimum absolute atomic E-state index is 0.00959. The van der Waals surface area contributed by atoms with Gasteiger partial charge in [0.25, 0.3) is 5.91 Å². The smallest absolute Gasteiger partial charge is 0.273 e. The molecule has 1 aromatic carbocycles. The molecule has 6 heteroatoms. The monoisotopic (exact) mass is 384 g/mol. The summed E-state index contributed by atoms with van der Waals surface area (Å²) >= 11 is 0. The van der Waals surface area contributed by atoms with Crippen molar-refractivity contribution in [2.24, 2.45) is 0 Å². The number of aromatic nitrogens is 1. The second kappa shape index (κ2) is 8.55. The second-order valence-corrected chi connectivity index (χ2v) is 7.68. The lowest BCUT2D eigenvalue weighted by atomic mass is 9.83. The third kappa shape index (κ3) is 4.04. The highest BCUT2D eigenvalue weighted by Crippen LogP contribution is 2.36. The summed E-state index contributed by atoms with van der Waals surface area (Å²) in [6, 6.07) is 9.85. The Bertz CT molecular complexity index is 812. The van der Waals surface area contributed by atoms with Crippen LogP contribution in [0.2, 0.25) is 0 Å². The van der Waals surface area contributed by atoms with Crippen molar-refractivity contribution >= 4 is 16.7 Å². The van der Waals surface area contributed by atoms with Gasteiger partial charge in [-0.1, -0.05) is 24.3 Å². The van der Waals surface area contributed by atoms with Gasteiger partial charge in [0.2, 0.25) is 0 Å². The Morgan fingerprint density at radius 3 is 2.89 bits per heavy atom. The van der Waals surface area contributed by atoms with Crippen molar-refractivity contribution in [3.63, 3.8) is 0 Å². The molecule has 0 bridgehead atoms. The number of nitrogens with zero attached hydrogens (tertiary/aromatic N) is 2. The van der Waals surface area contributed by atoms with Crippen molar-refractivity contribution in [3.8, 4) is 0 Å². The quantitative estimate of drug-likeness (QED) is 0.742. The molecular formula is C22H28N2O4. The fraction of sp³-hybridized carbons (Fsp3) is 0.545. The highest BCUT2D eigenvalue weighted by Gasteiger charge is 2.41. The first-order valence-electron chi connectivity index (χ1n) is 10.1. The predicted molar refractivity (Wildman–Crippen MR) is 106 cm³/mol. The number of fused-ring (bicyclic) bond motifs is 1. The minimum Gasteiger partial charge on any atom is -0.382 e. The van der Waals surface area contributed by atoms with E-state index in [1.165, 1.54) is 0 Å². The van der Waals surface area contributed by atoms with Gasteiger partial charge in [0.1, 0.15) is 5.69 Å². The molecule has 6 nitrogen and oxygen atoms in total. The molecule has 0 radical (unpaired) electrons. The van der Waals surface area contributed by atoms with E-state index in [9.17, 15) is 4.79 Å². The minimum atomic E-state index is -0.168.